The van der Waals surface area contributed by atoms with Crippen LogP contribution in [0.25, 0.3) is 0 Å². The van der Waals surface area contributed by atoms with Crippen LogP contribution in [0.5, 0.6) is 0 Å². The summed E-state index contributed by atoms with van der Waals surface area (Å²) in [7, 11) is 1.42. The second kappa shape index (κ2) is 5.24. The molecule has 0 radical (unpaired) electrons. The van der Waals surface area contributed by atoms with Gasteiger partial charge in [0.2, 0.25) is 0 Å². The van der Waals surface area contributed by atoms with E-state index in [0.29, 0.717) is 5.57 Å². The van der Waals surface area contributed by atoms with E-state index in [2.05, 4.69) is 26.1 Å². The summed E-state index contributed by atoms with van der Waals surface area (Å²) in [6.07, 6.45) is 9.21. The van der Waals surface area contributed by atoms with E-state index >= 15 is 0 Å². The van der Waals surface area contributed by atoms with E-state index in [9.17, 15) is 4.79 Å². The molecule has 3 heteroatoms. The Morgan fingerprint density at radius 2 is 2.21 bits per heavy atom. The van der Waals surface area contributed by atoms with Crippen molar-refractivity contribution in [3.63, 3.8) is 0 Å². The smallest absolute Gasteiger partial charge is 0.337 e. The number of hydrogen-bond donors (Lipinski definition) is 1. The Bertz CT molecular complexity index is 469. The highest BCUT2D eigenvalue weighted by molar-refractivity contribution is 5.92. The highest BCUT2D eigenvalue weighted by Gasteiger charge is 2.33. The molecule has 2 aliphatic rings. The zero-order valence-electron chi connectivity index (χ0n) is 12.2. The van der Waals surface area contributed by atoms with Crippen molar-refractivity contribution in [1.29, 1.82) is 0 Å². The first-order chi connectivity index (χ1) is 8.95. The number of rotatable bonds is 2. The van der Waals surface area contributed by atoms with Crippen LogP contribution >= 0.6 is 0 Å². The third-order valence-electron chi connectivity index (χ3n) is 4.16. The summed E-state index contributed by atoms with van der Waals surface area (Å²) in [4.78, 5) is 11.7. The fourth-order valence-electron chi connectivity index (χ4n) is 3.27. The highest BCUT2D eigenvalue weighted by atomic mass is 16.5. The average Bonchev–Trinajstić information content (AvgIpc) is 2.37. The number of hydrogen-bond acceptors (Lipinski definition) is 3. The molecule has 0 aromatic rings. The van der Waals surface area contributed by atoms with Gasteiger partial charge in [0.25, 0.3) is 0 Å². The summed E-state index contributed by atoms with van der Waals surface area (Å²) in [5.74, 6) is -0.269. The molecule has 1 aliphatic carbocycles. The van der Waals surface area contributed by atoms with Crippen molar-refractivity contribution in [1.82, 2.24) is 5.32 Å². The number of ether oxygens (including phenoxy) is 1. The van der Waals surface area contributed by atoms with E-state index in [0.717, 1.165) is 6.42 Å². The van der Waals surface area contributed by atoms with E-state index in [1.807, 2.05) is 12.3 Å². The van der Waals surface area contributed by atoms with Crippen LogP contribution in [0.15, 0.2) is 35.1 Å². The van der Waals surface area contributed by atoms with E-state index in [-0.39, 0.29) is 17.4 Å². The molecule has 2 rings (SSSR count). The maximum absolute atomic E-state index is 11.7. The Morgan fingerprint density at radius 3 is 2.84 bits per heavy atom. The number of carbonyl (C=O) groups excluding carboxylic acids is 1. The predicted octanol–water partition coefficient (Wildman–Crippen LogP) is 3.10. The maximum Gasteiger partial charge on any atom is 0.337 e. The lowest BCUT2D eigenvalue weighted by Crippen LogP contribution is -2.37. The number of allylic oxidation sites excluding steroid dienone is 1. The standard InChI is InChI=1S/C16H23NO2/c1-11-6-5-8-16(2,3)14(11)13-10-12(7-9-17-13)15(18)19-4/h7,9-10,13,17H,5-6,8H2,1-4H3. The predicted molar refractivity (Wildman–Crippen MR) is 76.5 cm³/mol. The quantitative estimate of drug-likeness (QED) is 0.613. The molecule has 1 aliphatic heterocycles. The van der Waals surface area contributed by atoms with Gasteiger partial charge in [-0.3, -0.25) is 0 Å². The first kappa shape index (κ1) is 13.9. The normalized spacial score (nSPS) is 25.7. The lowest BCUT2D eigenvalue weighted by molar-refractivity contribution is -0.135. The second-order valence-electron chi connectivity index (χ2n) is 6.02. The number of dihydropyridines is 1. The van der Waals surface area contributed by atoms with Crippen molar-refractivity contribution in [2.75, 3.05) is 7.11 Å². The molecule has 0 saturated carbocycles. The summed E-state index contributed by atoms with van der Waals surface area (Å²) in [6, 6.07) is 0.106. The van der Waals surface area contributed by atoms with Gasteiger partial charge in [-0.15, -0.1) is 0 Å². The van der Waals surface area contributed by atoms with Gasteiger partial charge in [0.15, 0.2) is 0 Å². The highest BCUT2D eigenvalue weighted by Crippen LogP contribution is 2.42. The summed E-state index contributed by atoms with van der Waals surface area (Å²) in [5, 5.41) is 3.36. The number of nitrogens with one attached hydrogen (secondary N) is 1. The molecule has 1 unspecified atom stereocenters. The molecular weight excluding hydrogens is 238 g/mol. The third kappa shape index (κ3) is 2.75. The molecule has 104 valence electrons. The molecule has 3 nitrogen and oxygen atoms in total. The maximum atomic E-state index is 11.7. The Labute approximate surface area is 115 Å². The number of esters is 1. The van der Waals surface area contributed by atoms with Gasteiger partial charge >= 0.3 is 5.97 Å². The van der Waals surface area contributed by atoms with Gasteiger partial charge < -0.3 is 10.1 Å². The van der Waals surface area contributed by atoms with Crippen LogP contribution in [0.4, 0.5) is 0 Å². The number of methoxy groups -OCH3 is 1. The van der Waals surface area contributed by atoms with Gasteiger partial charge in [-0.25, -0.2) is 4.79 Å². The molecule has 1 atom stereocenters. The van der Waals surface area contributed by atoms with Crippen molar-refractivity contribution in [2.45, 2.75) is 46.1 Å². The zero-order chi connectivity index (χ0) is 14.0. The van der Waals surface area contributed by atoms with Gasteiger partial charge in [0.05, 0.1) is 18.7 Å². The van der Waals surface area contributed by atoms with Gasteiger partial charge in [0.1, 0.15) is 0 Å². The second-order valence-corrected chi connectivity index (χ2v) is 6.02. The SMILES string of the molecule is COC(=O)C1=CC(C2=C(C)CCCC2(C)C)NC=C1. The molecule has 0 amide bonds. The van der Waals surface area contributed by atoms with Crippen molar-refractivity contribution in [3.05, 3.63) is 35.1 Å². The van der Waals surface area contributed by atoms with Gasteiger partial charge in [-0.2, -0.15) is 0 Å². The molecule has 0 aromatic carbocycles. The van der Waals surface area contributed by atoms with E-state index in [4.69, 9.17) is 4.74 Å². The van der Waals surface area contributed by atoms with Crippen LogP contribution in [0.3, 0.4) is 0 Å². The molecule has 0 spiro atoms. The molecule has 0 saturated heterocycles. The van der Waals surface area contributed by atoms with Crippen molar-refractivity contribution in [2.24, 2.45) is 5.41 Å². The molecule has 19 heavy (non-hydrogen) atoms. The Balaban J connectivity index is 2.34. The topological polar surface area (TPSA) is 38.3 Å². The molecule has 0 bridgehead atoms. The van der Waals surface area contributed by atoms with E-state index in [1.54, 1.807) is 6.08 Å². The summed E-state index contributed by atoms with van der Waals surface area (Å²) >= 11 is 0. The molecule has 1 N–H and O–H groups in total. The average molecular weight is 261 g/mol. The van der Waals surface area contributed by atoms with Crippen LogP contribution in [0.2, 0.25) is 0 Å². The Morgan fingerprint density at radius 1 is 1.47 bits per heavy atom. The summed E-state index contributed by atoms with van der Waals surface area (Å²) < 4.78 is 4.80. The van der Waals surface area contributed by atoms with E-state index in [1.165, 1.54) is 31.1 Å². The van der Waals surface area contributed by atoms with Gasteiger partial charge in [0, 0.05) is 0 Å². The van der Waals surface area contributed by atoms with Crippen LogP contribution in [-0.2, 0) is 9.53 Å². The minimum absolute atomic E-state index is 0.106. The molecule has 1 heterocycles. The van der Waals surface area contributed by atoms with Crippen LogP contribution in [0, 0.1) is 5.41 Å². The molecular formula is C16H23NO2. The van der Waals surface area contributed by atoms with E-state index < -0.39 is 0 Å². The Hall–Kier alpha value is -1.51. The first-order valence-electron chi connectivity index (χ1n) is 6.88. The molecule has 0 fully saturated rings. The fourth-order valence-corrected chi connectivity index (χ4v) is 3.27. The number of carbonyl (C=O) groups is 1. The monoisotopic (exact) mass is 261 g/mol. The van der Waals surface area contributed by atoms with Crippen molar-refractivity contribution in [3.8, 4) is 0 Å². The lowest BCUT2D eigenvalue weighted by Gasteiger charge is -2.39. The van der Waals surface area contributed by atoms with Gasteiger partial charge in [-0.1, -0.05) is 19.4 Å². The van der Waals surface area contributed by atoms with Gasteiger partial charge in [-0.05, 0) is 55.5 Å². The van der Waals surface area contributed by atoms with Crippen molar-refractivity contribution >= 4 is 5.97 Å². The first-order valence-corrected chi connectivity index (χ1v) is 6.88. The van der Waals surface area contributed by atoms with Crippen molar-refractivity contribution < 1.29 is 9.53 Å². The van der Waals surface area contributed by atoms with Crippen LogP contribution < -0.4 is 5.32 Å². The lowest BCUT2D eigenvalue weighted by atomic mass is 9.69. The van der Waals surface area contributed by atoms with Crippen LogP contribution in [-0.4, -0.2) is 19.1 Å². The minimum atomic E-state index is -0.269. The fraction of sp³-hybridized carbons (Fsp3) is 0.562. The zero-order valence-corrected chi connectivity index (χ0v) is 12.2. The summed E-state index contributed by atoms with van der Waals surface area (Å²) in [6.45, 7) is 6.79. The third-order valence-corrected chi connectivity index (χ3v) is 4.16. The Kier molecular flexibility index (Phi) is 3.83. The summed E-state index contributed by atoms with van der Waals surface area (Å²) in [5.41, 5.74) is 3.69. The van der Waals surface area contributed by atoms with Crippen LogP contribution in [0.1, 0.15) is 40.0 Å². The minimum Gasteiger partial charge on any atom is -0.465 e. The molecule has 0 aromatic heterocycles. The largest absolute Gasteiger partial charge is 0.465 e.